The first kappa shape index (κ1) is 12.6. The minimum absolute atomic E-state index is 0.373. The van der Waals surface area contributed by atoms with Crippen molar-refractivity contribution < 1.29 is 5.11 Å². The number of aliphatic hydroxyl groups is 1. The van der Waals surface area contributed by atoms with E-state index in [1.54, 1.807) is 0 Å². The lowest BCUT2D eigenvalue weighted by Crippen LogP contribution is -2.40. The Balaban J connectivity index is 1.88. The number of hydrogen-bond acceptors (Lipinski definition) is 3. The molecule has 1 aromatic rings. The molecular weight excluding hydrogens is 214 g/mol. The summed E-state index contributed by atoms with van der Waals surface area (Å²) in [5.41, 5.74) is 0.250. The predicted octanol–water partition coefficient (Wildman–Crippen LogP) is 1.51. The van der Waals surface area contributed by atoms with Gasteiger partial charge in [-0.3, -0.25) is 4.68 Å². The molecule has 0 aliphatic heterocycles. The number of aromatic nitrogens is 2. The van der Waals surface area contributed by atoms with Gasteiger partial charge in [0.15, 0.2) is 0 Å². The van der Waals surface area contributed by atoms with E-state index >= 15 is 0 Å². The molecule has 0 spiro atoms. The van der Waals surface area contributed by atoms with Crippen molar-refractivity contribution in [3.63, 3.8) is 0 Å². The zero-order valence-electron chi connectivity index (χ0n) is 11.0. The molecule has 1 heterocycles. The zero-order valence-corrected chi connectivity index (χ0v) is 11.0. The van der Waals surface area contributed by atoms with Crippen molar-refractivity contribution in [2.24, 2.45) is 0 Å². The van der Waals surface area contributed by atoms with Crippen LogP contribution in [-0.4, -0.2) is 33.1 Å². The summed E-state index contributed by atoms with van der Waals surface area (Å²) >= 11 is 0. The first-order valence-corrected chi connectivity index (χ1v) is 6.46. The van der Waals surface area contributed by atoms with E-state index in [1.807, 2.05) is 23.9 Å². The van der Waals surface area contributed by atoms with E-state index in [2.05, 4.69) is 24.3 Å². The van der Waals surface area contributed by atoms with Crippen molar-refractivity contribution in [1.29, 1.82) is 0 Å². The van der Waals surface area contributed by atoms with E-state index in [0.29, 0.717) is 25.0 Å². The van der Waals surface area contributed by atoms with Crippen molar-refractivity contribution >= 4 is 0 Å². The van der Waals surface area contributed by atoms with Gasteiger partial charge in [-0.05, 0) is 39.7 Å². The molecule has 2 rings (SSSR count). The molecule has 1 aliphatic carbocycles. The van der Waals surface area contributed by atoms with Gasteiger partial charge in [0.05, 0.1) is 11.3 Å². The van der Waals surface area contributed by atoms with Gasteiger partial charge in [-0.25, -0.2) is 0 Å². The summed E-state index contributed by atoms with van der Waals surface area (Å²) in [4.78, 5) is 0. The average Bonchev–Trinajstić information content (AvgIpc) is 2.95. The van der Waals surface area contributed by atoms with Crippen LogP contribution < -0.4 is 5.32 Å². The maximum atomic E-state index is 10.3. The molecule has 1 aromatic heterocycles. The molecule has 0 amide bonds. The van der Waals surface area contributed by atoms with Crippen LogP contribution in [0.3, 0.4) is 0 Å². The fraction of sp³-hybridized carbons (Fsp3) is 0.769. The topological polar surface area (TPSA) is 50.1 Å². The minimum atomic E-state index is -0.710. The van der Waals surface area contributed by atoms with E-state index in [1.165, 1.54) is 12.8 Å². The van der Waals surface area contributed by atoms with Crippen molar-refractivity contribution in [2.45, 2.75) is 57.7 Å². The van der Waals surface area contributed by atoms with Gasteiger partial charge in [0.2, 0.25) is 0 Å². The van der Waals surface area contributed by atoms with Gasteiger partial charge in [0, 0.05) is 31.2 Å². The Morgan fingerprint density at radius 2 is 2.29 bits per heavy atom. The molecule has 0 aromatic carbocycles. The van der Waals surface area contributed by atoms with Crippen molar-refractivity contribution in [3.05, 3.63) is 18.0 Å². The number of nitrogens with one attached hydrogen (secondary N) is 1. The molecule has 1 fully saturated rings. The third kappa shape index (κ3) is 3.82. The van der Waals surface area contributed by atoms with Crippen LogP contribution in [0.15, 0.2) is 12.3 Å². The molecule has 1 aliphatic rings. The van der Waals surface area contributed by atoms with Crippen molar-refractivity contribution in [1.82, 2.24) is 15.1 Å². The lowest BCUT2D eigenvalue weighted by Gasteiger charge is -2.22. The molecule has 4 nitrogen and oxygen atoms in total. The van der Waals surface area contributed by atoms with E-state index in [-0.39, 0.29) is 0 Å². The highest BCUT2D eigenvalue weighted by atomic mass is 16.3. The quantitative estimate of drug-likeness (QED) is 0.788. The summed E-state index contributed by atoms with van der Waals surface area (Å²) < 4.78 is 1.93. The SMILES string of the molecule is CC(C)n1ccc(CC(C)(O)CNC2CC2)n1. The van der Waals surface area contributed by atoms with Gasteiger partial charge in [-0.2, -0.15) is 5.10 Å². The maximum Gasteiger partial charge on any atom is 0.0799 e. The summed E-state index contributed by atoms with van der Waals surface area (Å²) in [6, 6.07) is 3.00. The highest BCUT2D eigenvalue weighted by molar-refractivity contribution is 5.04. The van der Waals surface area contributed by atoms with Crippen LogP contribution >= 0.6 is 0 Å². The monoisotopic (exact) mass is 237 g/mol. The standard InChI is InChI=1S/C13H23N3O/c1-10(2)16-7-6-12(15-16)8-13(3,17)9-14-11-4-5-11/h6-7,10-11,14,17H,4-5,8-9H2,1-3H3. The molecule has 1 unspecified atom stereocenters. The van der Waals surface area contributed by atoms with E-state index in [9.17, 15) is 5.11 Å². The Morgan fingerprint density at radius 1 is 1.59 bits per heavy atom. The van der Waals surface area contributed by atoms with Crippen LogP contribution in [0.4, 0.5) is 0 Å². The van der Waals surface area contributed by atoms with Crippen molar-refractivity contribution in [2.75, 3.05) is 6.54 Å². The normalized spacial score (nSPS) is 19.6. The highest BCUT2D eigenvalue weighted by Crippen LogP contribution is 2.20. The third-order valence-corrected chi connectivity index (χ3v) is 3.10. The molecule has 0 radical (unpaired) electrons. The van der Waals surface area contributed by atoms with Gasteiger partial charge < -0.3 is 10.4 Å². The molecule has 17 heavy (non-hydrogen) atoms. The summed E-state index contributed by atoms with van der Waals surface area (Å²) in [7, 11) is 0. The summed E-state index contributed by atoms with van der Waals surface area (Å²) in [5, 5.41) is 18.1. The van der Waals surface area contributed by atoms with Crippen LogP contribution in [0.25, 0.3) is 0 Å². The van der Waals surface area contributed by atoms with E-state index in [4.69, 9.17) is 0 Å². The third-order valence-electron chi connectivity index (χ3n) is 3.10. The van der Waals surface area contributed by atoms with Crippen LogP contribution in [0, 0.1) is 0 Å². The molecule has 1 atom stereocenters. The second-order valence-corrected chi connectivity index (χ2v) is 5.71. The van der Waals surface area contributed by atoms with Gasteiger partial charge in [-0.1, -0.05) is 0 Å². The number of rotatable bonds is 6. The molecule has 4 heteroatoms. The maximum absolute atomic E-state index is 10.3. The predicted molar refractivity (Wildman–Crippen MR) is 68.0 cm³/mol. The molecule has 2 N–H and O–H groups in total. The first-order chi connectivity index (χ1) is 7.96. The van der Waals surface area contributed by atoms with Crippen LogP contribution in [0.2, 0.25) is 0 Å². The first-order valence-electron chi connectivity index (χ1n) is 6.46. The molecule has 0 saturated heterocycles. The summed E-state index contributed by atoms with van der Waals surface area (Å²) in [5.74, 6) is 0. The van der Waals surface area contributed by atoms with E-state index in [0.717, 1.165) is 5.69 Å². The molecule has 96 valence electrons. The van der Waals surface area contributed by atoms with Gasteiger partial charge >= 0.3 is 0 Å². The summed E-state index contributed by atoms with van der Waals surface area (Å²) in [6.45, 7) is 6.72. The van der Waals surface area contributed by atoms with Gasteiger partial charge in [0.1, 0.15) is 0 Å². The second-order valence-electron chi connectivity index (χ2n) is 5.71. The minimum Gasteiger partial charge on any atom is -0.388 e. The van der Waals surface area contributed by atoms with Crippen LogP contribution in [0.1, 0.15) is 45.3 Å². The number of hydrogen-bond donors (Lipinski definition) is 2. The fourth-order valence-electron chi connectivity index (χ4n) is 1.86. The highest BCUT2D eigenvalue weighted by Gasteiger charge is 2.27. The number of nitrogens with zero attached hydrogens (tertiary/aromatic N) is 2. The van der Waals surface area contributed by atoms with Crippen LogP contribution in [0.5, 0.6) is 0 Å². The largest absolute Gasteiger partial charge is 0.388 e. The average molecular weight is 237 g/mol. The van der Waals surface area contributed by atoms with Gasteiger partial charge in [0.25, 0.3) is 0 Å². The lowest BCUT2D eigenvalue weighted by molar-refractivity contribution is 0.0586. The molecular formula is C13H23N3O. The smallest absolute Gasteiger partial charge is 0.0799 e. The lowest BCUT2D eigenvalue weighted by atomic mass is 10.0. The van der Waals surface area contributed by atoms with Gasteiger partial charge in [-0.15, -0.1) is 0 Å². The van der Waals surface area contributed by atoms with E-state index < -0.39 is 5.60 Å². The fourth-order valence-corrected chi connectivity index (χ4v) is 1.86. The Morgan fingerprint density at radius 3 is 2.82 bits per heavy atom. The van der Waals surface area contributed by atoms with Crippen molar-refractivity contribution in [3.8, 4) is 0 Å². The molecule has 0 bridgehead atoms. The van der Waals surface area contributed by atoms with Crippen LogP contribution in [-0.2, 0) is 6.42 Å². The Hall–Kier alpha value is -0.870. The Labute approximate surface area is 103 Å². The zero-order chi connectivity index (χ0) is 12.5. The second kappa shape index (κ2) is 4.78. The molecule has 1 saturated carbocycles. The Kier molecular flexibility index (Phi) is 3.54. The Bertz CT molecular complexity index is 366. The summed E-state index contributed by atoms with van der Waals surface area (Å²) in [6.07, 6.45) is 5.08.